The van der Waals surface area contributed by atoms with Crippen LogP contribution in [0.5, 0.6) is 0 Å². The summed E-state index contributed by atoms with van der Waals surface area (Å²) in [7, 11) is 0. The summed E-state index contributed by atoms with van der Waals surface area (Å²) in [5, 5.41) is 8.37. The van der Waals surface area contributed by atoms with Crippen LogP contribution in [-0.4, -0.2) is 5.21 Å². The van der Waals surface area contributed by atoms with Gasteiger partial charge in [0, 0.05) is 9.35 Å². The van der Waals surface area contributed by atoms with E-state index in [1.54, 1.807) is 11.3 Å². The lowest BCUT2D eigenvalue weighted by Crippen LogP contribution is -2.04. The zero-order valence-electron chi connectivity index (χ0n) is 4.90. The lowest BCUT2D eigenvalue weighted by molar-refractivity contribution is 0.162. The van der Waals surface area contributed by atoms with Crippen LogP contribution in [0.2, 0.25) is 0 Å². The average Bonchev–Trinajstić information content (AvgIpc) is 2.13. The van der Waals surface area contributed by atoms with E-state index in [-0.39, 0.29) is 0 Å². The van der Waals surface area contributed by atoms with Gasteiger partial charge in [-0.2, -0.15) is 0 Å². The Bertz CT molecular complexity index is 225. The number of hydrogen-bond acceptors (Lipinski definition) is 3. The lowest BCUT2D eigenvalue weighted by atomic mass is 10.5. The van der Waals surface area contributed by atoms with E-state index >= 15 is 0 Å². The van der Waals surface area contributed by atoms with Crippen LogP contribution in [0, 0.1) is 0 Å². The van der Waals surface area contributed by atoms with Crippen molar-refractivity contribution in [3.63, 3.8) is 0 Å². The van der Waals surface area contributed by atoms with Crippen LogP contribution in [-0.2, 0) is 6.54 Å². The summed E-state index contributed by atoms with van der Waals surface area (Å²) < 4.78 is 2.08. The first-order chi connectivity index (χ1) is 4.74. The minimum atomic E-state index is 0.483. The number of hydroxylamine groups is 1. The van der Waals surface area contributed by atoms with Gasteiger partial charge in [-0.05, 0) is 37.9 Å². The summed E-state index contributed by atoms with van der Waals surface area (Å²) in [6, 6.07) is 1.96. The van der Waals surface area contributed by atoms with Crippen molar-refractivity contribution in [1.29, 1.82) is 0 Å². The molecule has 0 aliphatic heterocycles. The highest BCUT2D eigenvalue weighted by molar-refractivity contribution is 9.11. The Morgan fingerprint density at radius 1 is 1.60 bits per heavy atom. The molecule has 0 amide bonds. The van der Waals surface area contributed by atoms with E-state index in [0.29, 0.717) is 6.54 Å². The summed E-state index contributed by atoms with van der Waals surface area (Å²) in [5.74, 6) is 0. The second-order valence-electron chi connectivity index (χ2n) is 1.66. The molecule has 0 radical (unpaired) electrons. The SMILES string of the molecule is ONCc1sc(Br)cc1Br. The maximum atomic E-state index is 8.37. The molecule has 0 aromatic carbocycles. The van der Waals surface area contributed by atoms with Gasteiger partial charge >= 0.3 is 0 Å². The third kappa shape index (κ3) is 2.03. The number of hydrogen-bond donors (Lipinski definition) is 2. The van der Waals surface area contributed by atoms with Crippen LogP contribution >= 0.6 is 43.2 Å². The molecule has 0 saturated carbocycles. The van der Waals surface area contributed by atoms with E-state index in [2.05, 4.69) is 37.3 Å². The Hall–Kier alpha value is 0.580. The molecule has 2 N–H and O–H groups in total. The molecule has 0 fully saturated rings. The predicted molar refractivity (Wildman–Crippen MR) is 48.3 cm³/mol. The Morgan fingerprint density at radius 2 is 2.30 bits per heavy atom. The van der Waals surface area contributed by atoms with E-state index in [0.717, 1.165) is 13.1 Å². The number of halogens is 2. The maximum absolute atomic E-state index is 8.37. The Morgan fingerprint density at radius 3 is 2.70 bits per heavy atom. The zero-order valence-corrected chi connectivity index (χ0v) is 8.88. The highest BCUT2D eigenvalue weighted by atomic mass is 79.9. The molecule has 0 bridgehead atoms. The van der Waals surface area contributed by atoms with Crippen molar-refractivity contribution < 1.29 is 5.21 Å². The Balaban J connectivity index is 2.81. The second kappa shape index (κ2) is 3.82. The third-order valence-corrected chi connectivity index (χ3v) is 3.57. The lowest BCUT2D eigenvalue weighted by Gasteiger charge is -1.92. The fourth-order valence-corrected chi connectivity index (χ4v) is 3.16. The molecule has 2 nitrogen and oxygen atoms in total. The van der Waals surface area contributed by atoms with Gasteiger partial charge < -0.3 is 5.21 Å². The second-order valence-corrected chi connectivity index (χ2v) is 5.03. The van der Waals surface area contributed by atoms with E-state index in [4.69, 9.17) is 5.21 Å². The summed E-state index contributed by atoms with van der Waals surface area (Å²) in [5.41, 5.74) is 2.10. The molecule has 5 heteroatoms. The standard InChI is InChI=1S/C5H5Br2NOS/c6-3-1-5(7)10-4(3)2-8-9/h1,8-9H,2H2. The molecule has 0 aliphatic carbocycles. The molecule has 0 atom stereocenters. The summed E-state index contributed by atoms with van der Waals surface area (Å²) >= 11 is 8.27. The van der Waals surface area contributed by atoms with E-state index in [1.807, 2.05) is 6.07 Å². The fourth-order valence-electron chi connectivity index (χ4n) is 0.568. The molecule has 0 unspecified atom stereocenters. The van der Waals surface area contributed by atoms with Crippen LogP contribution in [0.25, 0.3) is 0 Å². The molecule has 1 aromatic rings. The molecule has 10 heavy (non-hydrogen) atoms. The predicted octanol–water partition coefficient (Wildman–Crippen LogP) is 2.75. The first-order valence-corrected chi connectivity index (χ1v) is 4.95. The molecular formula is C5H5Br2NOS. The Labute approximate surface area is 79.5 Å². The van der Waals surface area contributed by atoms with Gasteiger partial charge in [-0.3, -0.25) is 0 Å². The smallest absolute Gasteiger partial charge is 0.0713 e. The van der Waals surface area contributed by atoms with Gasteiger partial charge in [-0.15, -0.1) is 11.3 Å². The van der Waals surface area contributed by atoms with Crippen LogP contribution in [0.3, 0.4) is 0 Å². The largest absolute Gasteiger partial charge is 0.316 e. The van der Waals surface area contributed by atoms with E-state index in [1.165, 1.54) is 0 Å². The molecule has 1 heterocycles. The molecular weight excluding hydrogens is 282 g/mol. The number of nitrogens with one attached hydrogen (secondary N) is 1. The maximum Gasteiger partial charge on any atom is 0.0713 e. The van der Waals surface area contributed by atoms with Gasteiger partial charge in [0.05, 0.1) is 10.3 Å². The van der Waals surface area contributed by atoms with Gasteiger partial charge in [-0.1, -0.05) is 0 Å². The first kappa shape index (κ1) is 8.67. The van der Waals surface area contributed by atoms with Crippen molar-refractivity contribution >= 4 is 43.2 Å². The van der Waals surface area contributed by atoms with Crippen molar-refractivity contribution in [3.05, 3.63) is 19.2 Å². The van der Waals surface area contributed by atoms with E-state index in [9.17, 15) is 0 Å². The number of thiophene rings is 1. The third-order valence-electron chi connectivity index (χ3n) is 0.967. The van der Waals surface area contributed by atoms with Gasteiger partial charge in [-0.25, -0.2) is 5.48 Å². The van der Waals surface area contributed by atoms with Crippen LogP contribution in [0.4, 0.5) is 0 Å². The summed E-state index contributed by atoms with van der Waals surface area (Å²) in [6.45, 7) is 0.483. The zero-order chi connectivity index (χ0) is 7.56. The highest BCUT2D eigenvalue weighted by Crippen LogP contribution is 2.30. The van der Waals surface area contributed by atoms with E-state index < -0.39 is 0 Å². The molecule has 0 aliphatic rings. The monoisotopic (exact) mass is 285 g/mol. The topological polar surface area (TPSA) is 32.3 Å². The van der Waals surface area contributed by atoms with Crippen molar-refractivity contribution in [2.45, 2.75) is 6.54 Å². The van der Waals surface area contributed by atoms with Crippen LogP contribution in [0.1, 0.15) is 4.88 Å². The molecule has 0 spiro atoms. The quantitative estimate of drug-likeness (QED) is 0.820. The number of rotatable bonds is 2. The minimum Gasteiger partial charge on any atom is -0.316 e. The summed E-state index contributed by atoms with van der Waals surface area (Å²) in [4.78, 5) is 1.08. The summed E-state index contributed by atoms with van der Waals surface area (Å²) in [6.07, 6.45) is 0. The molecule has 56 valence electrons. The van der Waals surface area contributed by atoms with Gasteiger partial charge in [0.1, 0.15) is 0 Å². The Kier molecular flexibility index (Phi) is 3.32. The van der Waals surface area contributed by atoms with Crippen molar-refractivity contribution in [1.82, 2.24) is 5.48 Å². The molecule has 1 aromatic heterocycles. The van der Waals surface area contributed by atoms with Crippen molar-refractivity contribution in [2.75, 3.05) is 0 Å². The normalized spacial score (nSPS) is 10.3. The average molecular weight is 287 g/mol. The van der Waals surface area contributed by atoms with Crippen LogP contribution < -0.4 is 5.48 Å². The van der Waals surface area contributed by atoms with Gasteiger partial charge in [0.2, 0.25) is 0 Å². The van der Waals surface area contributed by atoms with Gasteiger partial charge in [0.25, 0.3) is 0 Å². The highest BCUT2D eigenvalue weighted by Gasteiger charge is 2.02. The first-order valence-electron chi connectivity index (χ1n) is 2.54. The van der Waals surface area contributed by atoms with Crippen molar-refractivity contribution in [3.8, 4) is 0 Å². The molecule has 0 saturated heterocycles. The van der Waals surface area contributed by atoms with Crippen LogP contribution in [0.15, 0.2) is 14.3 Å². The van der Waals surface area contributed by atoms with Gasteiger partial charge in [0.15, 0.2) is 0 Å². The fraction of sp³-hybridized carbons (Fsp3) is 0.200. The van der Waals surface area contributed by atoms with Crippen molar-refractivity contribution in [2.24, 2.45) is 0 Å². The minimum absolute atomic E-state index is 0.483. The molecule has 1 rings (SSSR count).